The highest BCUT2D eigenvalue weighted by Gasteiger charge is 2.50. The van der Waals surface area contributed by atoms with Gasteiger partial charge in [0.1, 0.15) is 0 Å². The lowest BCUT2D eigenvalue weighted by atomic mass is 9.78. The average Bonchev–Trinajstić information content (AvgIpc) is 2.72. The van der Waals surface area contributed by atoms with Crippen LogP contribution >= 0.6 is 0 Å². The number of fused-ring (bicyclic) bond motifs is 1. The fourth-order valence-electron chi connectivity index (χ4n) is 3.27. The molecule has 4 nitrogen and oxygen atoms in total. The molecule has 4 heteroatoms. The predicted molar refractivity (Wildman–Crippen MR) is 78.8 cm³/mol. The summed E-state index contributed by atoms with van der Waals surface area (Å²) in [5, 5.41) is 0. The Labute approximate surface area is 123 Å². The number of benzene rings is 1. The van der Waals surface area contributed by atoms with Gasteiger partial charge < -0.3 is 0 Å². The van der Waals surface area contributed by atoms with Gasteiger partial charge in [0.2, 0.25) is 11.8 Å². The van der Waals surface area contributed by atoms with Crippen LogP contribution in [0, 0.1) is 17.8 Å². The van der Waals surface area contributed by atoms with Gasteiger partial charge in [-0.05, 0) is 31.4 Å². The molecule has 1 heterocycles. The smallest absolute Gasteiger partial charge is 0.238 e. The van der Waals surface area contributed by atoms with E-state index in [1.165, 1.54) is 11.8 Å². The van der Waals surface area contributed by atoms with Crippen LogP contribution in [-0.2, 0) is 9.59 Å². The minimum absolute atomic E-state index is 0.0705. The van der Waals surface area contributed by atoms with Crippen molar-refractivity contribution in [3.8, 4) is 0 Å². The number of carbonyl (C=O) groups is 3. The molecule has 0 radical (unpaired) electrons. The topological polar surface area (TPSA) is 54.5 Å². The number of rotatable bonds is 2. The average molecular weight is 283 g/mol. The van der Waals surface area contributed by atoms with Crippen LogP contribution in [-0.4, -0.2) is 17.6 Å². The highest BCUT2D eigenvalue weighted by Crippen LogP contribution is 2.40. The van der Waals surface area contributed by atoms with E-state index in [2.05, 4.69) is 0 Å². The van der Waals surface area contributed by atoms with Gasteiger partial charge >= 0.3 is 0 Å². The van der Waals surface area contributed by atoms with Crippen LogP contribution in [0.25, 0.3) is 0 Å². The van der Waals surface area contributed by atoms with E-state index < -0.39 is 0 Å². The molecule has 1 saturated heterocycles. The lowest BCUT2D eigenvalue weighted by Crippen LogP contribution is -2.31. The Balaban J connectivity index is 2.00. The highest BCUT2D eigenvalue weighted by atomic mass is 16.2. The summed E-state index contributed by atoms with van der Waals surface area (Å²) < 4.78 is 0. The van der Waals surface area contributed by atoms with Gasteiger partial charge in [-0.2, -0.15) is 0 Å². The molecule has 1 aliphatic carbocycles. The van der Waals surface area contributed by atoms with Gasteiger partial charge in [-0.15, -0.1) is 0 Å². The van der Waals surface area contributed by atoms with Crippen LogP contribution in [0.5, 0.6) is 0 Å². The Bertz CT molecular complexity index is 662. The van der Waals surface area contributed by atoms with Crippen LogP contribution < -0.4 is 4.90 Å². The Morgan fingerprint density at radius 2 is 2.00 bits per heavy atom. The second kappa shape index (κ2) is 4.95. The number of anilines is 1. The van der Waals surface area contributed by atoms with E-state index in [0.717, 1.165) is 0 Å². The zero-order valence-corrected chi connectivity index (χ0v) is 12.1. The summed E-state index contributed by atoms with van der Waals surface area (Å²) in [6.07, 6.45) is 4.59. The molecule has 0 bridgehead atoms. The molecule has 0 N–H and O–H groups in total. The molecular weight excluding hydrogens is 266 g/mol. The number of hydrogen-bond donors (Lipinski definition) is 0. The molecule has 0 unspecified atom stereocenters. The van der Waals surface area contributed by atoms with Crippen molar-refractivity contribution in [2.24, 2.45) is 17.8 Å². The summed E-state index contributed by atoms with van der Waals surface area (Å²) in [7, 11) is 0. The Kier molecular flexibility index (Phi) is 3.24. The maximum atomic E-state index is 12.6. The molecule has 21 heavy (non-hydrogen) atoms. The van der Waals surface area contributed by atoms with Gasteiger partial charge in [0.05, 0.1) is 17.5 Å². The number of allylic oxidation sites excluding steroid dienone is 2. The standard InChI is InChI=1S/C17H17NO3/c1-10-5-3-8-14-15(10)17(21)18(16(14)20)13-7-4-6-12(9-13)11(2)19/h3-7,9-10,14-15H,8H2,1-2H3/t10-,14+,15-/m0/s1. The molecule has 1 aromatic carbocycles. The van der Waals surface area contributed by atoms with E-state index in [-0.39, 0.29) is 35.4 Å². The first-order valence-electron chi connectivity index (χ1n) is 7.16. The van der Waals surface area contributed by atoms with Gasteiger partial charge in [0.25, 0.3) is 0 Å². The van der Waals surface area contributed by atoms with Gasteiger partial charge in [0, 0.05) is 5.56 Å². The number of Topliss-reactive ketones (excluding diaryl/α,β-unsaturated/α-hetero) is 1. The van der Waals surface area contributed by atoms with Crippen LogP contribution in [0.4, 0.5) is 5.69 Å². The molecule has 1 aromatic rings. The lowest BCUT2D eigenvalue weighted by molar-refractivity contribution is -0.122. The molecule has 1 aliphatic heterocycles. The molecule has 3 atom stereocenters. The van der Waals surface area contributed by atoms with Crippen LogP contribution in [0.1, 0.15) is 30.6 Å². The third-order valence-corrected chi connectivity index (χ3v) is 4.38. The number of amides is 2. The molecule has 0 aromatic heterocycles. The zero-order valence-electron chi connectivity index (χ0n) is 12.1. The summed E-state index contributed by atoms with van der Waals surface area (Å²) in [4.78, 5) is 37.9. The molecule has 0 saturated carbocycles. The summed E-state index contributed by atoms with van der Waals surface area (Å²) in [5.74, 6) is -0.851. The van der Waals surface area contributed by atoms with Crippen molar-refractivity contribution in [1.82, 2.24) is 0 Å². The Morgan fingerprint density at radius 3 is 2.67 bits per heavy atom. The van der Waals surface area contributed by atoms with Crippen molar-refractivity contribution in [3.05, 3.63) is 42.0 Å². The Morgan fingerprint density at radius 1 is 1.24 bits per heavy atom. The molecule has 0 spiro atoms. The fourth-order valence-corrected chi connectivity index (χ4v) is 3.27. The maximum Gasteiger partial charge on any atom is 0.238 e. The SMILES string of the molecule is CC(=O)c1cccc(N2C(=O)[C@H]3[C@@H](C)C=CC[C@H]3C2=O)c1. The number of carbonyl (C=O) groups excluding carboxylic acids is 3. The second-order valence-corrected chi connectivity index (χ2v) is 5.77. The van der Waals surface area contributed by atoms with Crippen LogP contribution in [0.3, 0.4) is 0 Å². The molecule has 3 rings (SSSR count). The maximum absolute atomic E-state index is 12.6. The number of imide groups is 1. The van der Waals surface area contributed by atoms with Gasteiger partial charge in [-0.1, -0.05) is 31.2 Å². The van der Waals surface area contributed by atoms with E-state index in [0.29, 0.717) is 17.7 Å². The molecular formula is C17H17NO3. The Hall–Kier alpha value is -2.23. The molecule has 108 valence electrons. The van der Waals surface area contributed by atoms with E-state index in [1.807, 2.05) is 19.1 Å². The first kappa shape index (κ1) is 13.7. The van der Waals surface area contributed by atoms with Crippen molar-refractivity contribution in [3.63, 3.8) is 0 Å². The third-order valence-electron chi connectivity index (χ3n) is 4.38. The number of ketones is 1. The predicted octanol–water partition coefficient (Wildman–Crippen LogP) is 2.59. The minimum Gasteiger partial charge on any atom is -0.295 e. The number of nitrogens with zero attached hydrogens (tertiary/aromatic N) is 1. The van der Waals surface area contributed by atoms with Crippen molar-refractivity contribution < 1.29 is 14.4 Å². The summed E-state index contributed by atoms with van der Waals surface area (Å²) in [5.41, 5.74) is 1.01. The quantitative estimate of drug-likeness (QED) is 0.476. The fraction of sp³-hybridized carbons (Fsp3) is 0.353. The summed E-state index contributed by atoms with van der Waals surface area (Å²) >= 11 is 0. The zero-order chi connectivity index (χ0) is 15.1. The van der Waals surface area contributed by atoms with Gasteiger partial charge in [-0.25, -0.2) is 0 Å². The second-order valence-electron chi connectivity index (χ2n) is 5.77. The largest absolute Gasteiger partial charge is 0.295 e. The van der Waals surface area contributed by atoms with Gasteiger partial charge in [-0.3, -0.25) is 19.3 Å². The molecule has 1 fully saturated rings. The molecule has 2 aliphatic rings. The van der Waals surface area contributed by atoms with Gasteiger partial charge in [0.15, 0.2) is 5.78 Å². The monoisotopic (exact) mass is 283 g/mol. The van der Waals surface area contributed by atoms with Crippen molar-refractivity contribution in [2.45, 2.75) is 20.3 Å². The van der Waals surface area contributed by atoms with Crippen molar-refractivity contribution >= 4 is 23.3 Å². The summed E-state index contributed by atoms with van der Waals surface area (Å²) in [6, 6.07) is 6.72. The van der Waals surface area contributed by atoms with Crippen molar-refractivity contribution in [2.75, 3.05) is 4.90 Å². The van der Waals surface area contributed by atoms with Crippen LogP contribution in [0.15, 0.2) is 36.4 Å². The summed E-state index contributed by atoms with van der Waals surface area (Å²) in [6.45, 7) is 3.44. The highest BCUT2D eigenvalue weighted by molar-refractivity contribution is 6.22. The van der Waals surface area contributed by atoms with E-state index >= 15 is 0 Å². The van der Waals surface area contributed by atoms with Crippen LogP contribution in [0.2, 0.25) is 0 Å². The van der Waals surface area contributed by atoms with Crippen molar-refractivity contribution in [1.29, 1.82) is 0 Å². The third kappa shape index (κ3) is 2.11. The normalized spacial score (nSPS) is 27.9. The van der Waals surface area contributed by atoms with E-state index in [9.17, 15) is 14.4 Å². The number of hydrogen-bond acceptors (Lipinski definition) is 3. The molecule has 2 amide bonds. The van der Waals surface area contributed by atoms with E-state index in [1.54, 1.807) is 24.3 Å². The van der Waals surface area contributed by atoms with E-state index in [4.69, 9.17) is 0 Å². The first-order chi connectivity index (χ1) is 10.0. The minimum atomic E-state index is -0.275. The lowest BCUT2D eigenvalue weighted by Gasteiger charge is -2.22. The first-order valence-corrected chi connectivity index (χ1v) is 7.16.